The van der Waals surface area contributed by atoms with E-state index < -0.39 is 0 Å². The summed E-state index contributed by atoms with van der Waals surface area (Å²) >= 11 is 0. The van der Waals surface area contributed by atoms with Gasteiger partial charge in [-0.2, -0.15) is 0 Å². The van der Waals surface area contributed by atoms with Crippen molar-refractivity contribution in [3.8, 4) is 0 Å². The Morgan fingerprint density at radius 1 is 1.19 bits per heavy atom. The van der Waals surface area contributed by atoms with Crippen LogP contribution in [0, 0.1) is 5.92 Å². The predicted molar refractivity (Wildman–Crippen MR) is 87.5 cm³/mol. The molecule has 0 N–H and O–H groups in total. The summed E-state index contributed by atoms with van der Waals surface area (Å²) in [5.41, 5.74) is 3.59. The lowest BCUT2D eigenvalue weighted by molar-refractivity contribution is -0.119. The van der Waals surface area contributed by atoms with Crippen molar-refractivity contribution < 1.29 is 4.79 Å². The largest absolute Gasteiger partial charge is 0.347 e. The highest BCUT2D eigenvalue weighted by Crippen LogP contribution is 2.46. The molecule has 112 valence electrons. The van der Waals surface area contributed by atoms with Crippen molar-refractivity contribution in [2.45, 2.75) is 51.4 Å². The molecule has 1 fully saturated rings. The number of ketones is 1. The Balaban J connectivity index is 1.92. The molecule has 0 unspecified atom stereocenters. The highest BCUT2D eigenvalue weighted by molar-refractivity contribution is 5.94. The van der Waals surface area contributed by atoms with Gasteiger partial charge in [-0.25, -0.2) is 0 Å². The van der Waals surface area contributed by atoms with Gasteiger partial charge in [-0.05, 0) is 24.5 Å². The standard InChI is InChI=1S/C19H25NO/c1-19(2)15-11-7-8-12-16(15)20(3)18(19)13-17(21)14-9-5-4-6-10-14/h7-8,11-14H,4-6,9-10H2,1-3H3/b18-13+. The summed E-state index contributed by atoms with van der Waals surface area (Å²) in [6.45, 7) is 4.44. The number of rotatable bonds is 2. The molecule has 0 atom stereocenters. The van der Waals surface area contributed by atoms with Gasteiger partial charge >= 0.3 is 0 Å². The van der Waals surface area contributed by atoms with Gasteiger partial charge in [0.15, 0.2) is 5.78 Å². The second-order valence-electron chi connectivity index (χ2n) is 6.97. The molecular weight excluding hydrogens is 258 g/mol. The Labute approximate surface area is 127 Å². The summed E-state index contributed by atoms with van der Waals surface area (Å²) < 4.78 is 0. The fraction of sp³-hybridized carbons (Fsp3) is 0.526. The maximum atomic E-state index is 12.6. The van der Waals surface area contributed by atoms with Crippen molar-refractivity contribution in [2.75, 3.05) is 11.9 Å². The minimum absolute atomic E-state index is 0.0876. The molecule has 1 aliphatic heterocycles. The van der Waals surface area contributed by atoms with Gasteiger partial charge in [-0.1, -0.05) is 51.3 Å². The first kappa shape index (κ1) is 14.4. The third kappa shape index (κ3) is 2.41. The molecule has 1 aromatic carbocycles. The lowest BCUT2D eigenvalue weighted by Crippen LogP contribution is -2.26. The first-order valence-corrected chi connectivity index (χ1v) is 8.11. The third-order valence-corrected chi connectivity index (χ3v) is 5.23. The van der Waals surface area contributed by atoms with Gasteiger partial charge < -0.3 is 4.90 Å². The number of fused-ring (bicyclic) bond motifs is 1. The summed E-state index contributed by atoms with van der Waals surface area (Å²) in [5.74, 6) is 0.580. The molecule has 3 rings (SSSR count). The SMILES string of the molecule is CN1/C(=C/C(=O)C2CCCCC2)C(C)(C)c2ccccc21. The number of hydrogen-bond acceptors (Lipinski definition) is 2. The van der Waals surface area contributed by atoms with Gasteiger partial charge in [0.1, 0.15) is 0 Å². The molecule has 2 nitrogen and oxygen atoms in total. The average Bonchev–Trinajstić information content (AvgIpc) is 2.70. The summed E-state index contributed by atoms with van der Waals surface area (Å²) in [6, 6.07) is 8.47. The second-order valence-corrected chi connectivity index (χ2v) is 6.97. The van der Waals surface area contributed by atoms with Crippen molar-refractivity contribution in [3.63, 3.8) is 0 Å². The molecule has 1 heterocycles. The maximum absolute atomic E-state index is 12.6. The molecule has 0 aromatic heterocycles. The fourth-order valence-corrected chi connectivity index (χ4v) is 3.90. The van der Waals surface area contributed by atoms with Crippen LogP contribution in [0.3, 0.4) is 0 Å². The van der Waals surface area contributed by atoms with E-state index in [1.54, 1.807) is 0 Å². The Bertz CT molecular complexity index is 579. The smallest absolute Gasteiger partial charge is 0.160 e. The van der Waals surface area contributed by atoms with E-state index in [4.69, 9.17) is 0 Å². The number of para-hydroxylation sites is 1. The minimum Gasteiger partial charge on any atom is -0.347 e. The van der Waals surface area contributed by atoms with Crippen LogP contribution < -0.4 is 4.90 Å². The predicted octanol–water partition coefficient (Wildman–Crippen LogP) is 4.45. The number of carbonyl (C=O) groups is 1. The summed E-state index contributed by atoms with van der Waals surface area (Å²) in [4.78, 5) is 14.8. The van der Waals surface area contributed by atoms with E-state index in [0.29, 0.717) is 5.78 Å². The highest BCUT2D eigenvalue weighted by Gasteiger charge is 2.38. The van der Waals surface area contributed by atoms with E-state index in [2.05, 4.69) is 50.1 Å². The van der Waals surface area contributed by atoms with E-state index in [9.17, 15) is 4.79 Å². The number of anilines is 1. The highest BCUT2D eigenvalue weighted by atomic mass is 16.1. The number of allylic oxidation sites excluding steroid dienone is 2. The quantitative estimate of drug-likeness (QED) is 0.747. The lowest BCUT2D eigenvalue weighted by Gasteiger charge is -2.25. The summed E-state index contributed by atoms with van der Waals surface area (Å²) in [7, 11) is 2.08. The summed E-state index contributed by atoms with van der Waals surface area (Å²) in [5, 5.41) is 0. The van der Waals surface area contributed by atoms with Crippen molar-refractivity contribution in [1.82, 2.24) is 0 Å². The van der Waals surface area contributed by atoms with Crippen LogP contribution in [0.5, 0.6) is 0 Å². The van der Waals surface area contributed by atoms with Gasteiger partial charge in [0.25, 0.3) is 0 Å². The van der Waals surface area contributed by atoms with E-state index in [0.717, 1.165) is 18.5 Å². The molecule has 2 heteroatoms. The van der Waals surface area contributed by atoms with Crippen molar-refractivity contribution in [3.05, 3.63) is 41.6 Å². The van der Waals surface area contributed by atoms with Crippen LogP contribution in [-0.4, -0.2) is 12.8 Å². The van der Waals surface area contributed by atoms with Gasteiger partial charge in [0, 0.05) is 35.8 Å². The van der Waals surface area contributed by atoms with Gasteiger partial charge in [-0.15, -0.1) is 0 Å². The number of nitrogens with zero attached hydrogens (tertiary/aromatic N) is 1. The molecule has 0 amide bonds. The first-order chi connectivity index (χ1) is 10.0. The zero-order valence-electron chi connectivity index (χ0n) is 13.4. The zero-order chi connectivity index (χ0) is 15.0. The Kier molecular flexibility index (Phi) is 3.64. The Morgan fingerprint density at radius 3 is 2.52 bits per heavy atom. The van der Waals surface area contributed by atoms with Crippen LogP contribution >= 0.6 is 0 Å². The lowest BCUT2D eigenvalue weighted by atomic mass is 9.81. The molecule has 1 aliphatic carbocycles. The maximum Gasteiger partial charge on any atom is 0.160 e. The molecule has 1 aromatic rings. The van der Waals surface area contributed by atoms with E-state index in [1.165, 1.54) is 30.5 Å². The molecule has 0 bridgehead atoms. The Hall–Kier alpha value is -1.57. The van der Waals surface area contributed by atoms with Crippen molar-refractivity contribution in [1.29, 1.82) is 0 Å². The van der Waals surface area contributed by atoms with Crippen molar-refractivity contribution in [2.24, 2.45) is 5.92 Å². The van der Waals surface area contributed by atoms with Crippen molar-refractivity contribution >= 4 is 11.5 Å². The topological polar surface area (TPSA) is 20.3 Å². The van der Waals surface area contributed by atoms with Gasteiger partial charge in [0.2, 0.25) is 0 Å². The molecule has 1 saturated carbocycles. The molecule has 2 aliphatic rings. The number of benzene rings is 1. The molecule has 0 radical (unpaired) electrons. The van der Waals surface area contributed by atoms with E-state index in [-0.39, 0.29) is 11.3 Å². The van der Waals surface area contributed by atoms with Crippen LogP contribution in [0.1, 0.15) is 51.5 Å². The molecule has 0 saturated heterocycles. The van der Waals surface area contributed by atoms with E-state index in [1.807, 2.05) is 6.08 Å². The normalized spacial score (nSPS) is 23.4. The first-order valence-electron chi connectivity index (χ1n) is 8.11. The van der Waals surface area contributed by atoms with Crippen LogP contribution in [-0.2, 0) is 10.2 Å². The van der Waals surface area contributed by atoms with Crippen LogP contribution in [0.25, 0.3) is 0 Å². The molecular formula is C19H25NO. The third-order valence-electron chi connectivity index (χ3n) is 5.23. The van der Waals surface area contributed by atoms with E-state index >= 15 is 0 Å². The molecule has 21 heavy (non-hydrogen) atoms. The van der Waals surface area contributed by atoms with Crippen LogP contribution in [0.4, 0.5) is 5.69 Å². The summed E-state index contributed by atoms with van der Waals surface area (Å²) in [6.07, 6.45) is 7.77. The monoisotopic (exact) mass is 283 g/mol. The molecule has 0 spiro atoms. The fourth-order valence-electron chi connectivity index (χ4n) is 3.90. The van der Waals surface area contributed by atoms with Crippen LogP contribution in [0.2, 0.25) is 0 Å². The average molecular weight is 283 g/mol. The number of likely N-dealkylation sites (N-methyl/N-ethyl adjacent to an activating group) is 1. The van der Waals surface area contributed by atoms with Gasteiger partial charge in [0.05, 0.1) is 0 Å². The van der Waals surface area contributed by atoms with Gasteiger partial charge in [-0.3, -0.25) is 4.79 Å². The Morgan fingerprint density at radius 2 is 1.86 bits per heavy atom. The van der Waals surface area contributed by atoms with Crippen LogP contribution in [0.15, 0.2) is 36.0 Å². The zero-order valence-corrected chi connectivity index (χ0v) is 13.4. The minimum atomic E-state index is -0.0876. The number of hydrogen-bond donors (Lipinski definition) is 0. The number of carbonyl (C=O) groups excluding carboxylic acids is 1. The second kappa shape index (κ2) is 5.32.